The van der Waals surface area contributed by atoms with Crippen molar-refractivity contribution < 1.29 is 13.6 Å². The molecule has 0 spiro atoms. The van der Waals surface area contributed by atoms with E-state index in [9.17, 15) is 13.6 Å². The monoisotopic (exact) mass is 355 g/mol. The van der Waals surface area contributed by atoms with Crippen LogP contribution in [0.2, 0.25) is 0 Å². The standard InChI is InChI=1S/C20H19F2N3O/c1-14(16-4-2-3-15(11-16)13-23)24-7-9-25(10-8-24)20(26)17-5-6-18(21)19(22)12-17/h2-6,11-12,14H,7-10H2,1H3. The van der Waals surface area contributed by atoms with Gasteiger partial charge in [0, 0.05) is 37.8 Å². The van der Waals surface area contributed by atoms with Crippen LogP contribution >= 0.6 is 0 Å². The second-order valence-corrected chi connectivity index (χ2v) is 6.37. The SMILES string of the molecule is CC(c1cccc(C#N)c1)N1CCN(C(=O)c2ccc(F)c(F)c2)CC1. The molecule has 1 fully saturated rings. The Kier molecular flexibility index (Phi) is 5.29. The van der Waals surface area contributed by atoms with Gasteiger partial charge in [0.15, 0.2) is 11.6 Å². The molecule has 134 valence electrons. The predicted molar refractivity (Wildman–Crippen MR) is 93.4 cm³/mol. The van der Waals surface area contributed by atoms with E-state index in [-0.39, 0.29) is 17.5 Å². The first-order valence-electron chi connectivity index (χ1n) is 8.48. The molecule has 6 heteroatoms. The number of nitriles is 1. The molecule has 0 aromatic heterocycles. The molecule has 0 N–H and O–H groups in total. The molecule has 1 aliphatic heterocycles. The molecule has 1 amide bonds. The zero-order chi connectivity index (χ0) is 18.7. The molecule has 1 saturated heterocycles. The van der Waals surface area contributed by atoms with E-state index in [0.717, 1.165) is 17.7 Å². The Morgan fingerprint density at radius 2 is 1.81 bits per heavy atom. The minimum absolute atomic E-state index is 0.129. The Hall–Kier alpha value is -2.78. The zero-order valence-corrected chi connectivity index (χ0v) is 14.5. The lowest BCUT2D eigenvalue weighted by Crippen LogP contribution is -2.49. The lowest BCUT2D eigenvalue weighted by atomic mass is 10.0. The van der Waals surface area contributed by atoms with Gasteiger partial charge in [-0.15, -0.1) is 0 Å². The number of hydrogen-bond donors (Lipinski definition) is 0. The number of carbonyl (C=O) groups is 1. The van der Waals surface area contributed by atoms with E-state index in [0.29, 0.717) is 31.7 Å². The van der Waals surface area contributed by atoms with Crippen molar-refractivity contribution in [2.45, 2.75) is 13.0 Å². The van der Waals surface area contributed by atoms with E-state index in [4.69, 9.17) is 5.26 Å². The van der Waals surface area contributed by atoms with Crippen LogP contribution in [0.25, 0.3) is 0 Å². The van der Waals surface area contributed by atoms with Crippen LogP contribution in [0.4, 0.5) is 8.78 Å². The van der Waals surface area contributed by atoms with Crippen molar-refractivity contribution >= 4 is 5.91 Å². The van der Waals surface area contributed by atoms with Crippen LogP contribution in [-0.4, -0.2) is 41.9 Å². The molecule has 3 rings (SSSR count). The smallest absolute Gasteiger partial charge is 0.254 e. The zero-order valence-electron chi connectivity index (χ0n) is 14.5. The van der Waals surface area contributed by atoms with E-state index in [2.05, 4.69) is 17.9 Å². The summed E-state index contributed by atoms with van der Waals surface area (Å²) >= 11 is 0. The van der Waals surface area contributed by atoms with Crippen LogP contribution in [0, 0.1) is 23.0 Å². The Morgan fingerprint density at radius 1 is 1.08 bits per heavy atom. The largest absolute Gasteiger partial charge is 0.336 e. The summed E-state index contributed by atoms with van der Waals surface area (Å²) in [7, 11) is 0. The van der Waals surface area contributed by atoms with Gasteiger partial charge in [-0.1, -0.05) is 12.1 Å². The van der Waals surface area contributed by atoms with E-state index >= 15 is 0 Å². The normalized spacial score (nSPS) is 16.2. The maximum absolute atomic E-state index is 13.3. The molecule has 1 heterocycles. The molecular weight excluding hydrogens is 336 g/mol. The van der Waals surface area contributed by atoms with Gasteiger partial charge in [0.2, 0.25) is 0 Å². The van der Waals surface area contributed by atoms with E-state index in [1.54, 1.807) is 11.0 Å². The third kappa shape index (κ3) is 3.73. The van der Waals surface area contributed by atoms with Crippen LogP contribution in [0.5, 0.6) is 0 Å². The number of piperazine rings is 1. The second kappa shape index (κ2) is 7.63. The molecule has 0 radical (unpaired) electrons. The molecule has 0 saturated carbocycles. The van der Waals surface area contributed by atoms with Gasteiger partial charge in [-0.2, -0.15) is 5.26 Å². The van der Waals surface area contributed by atoms with Crippen LogP contribution in [0.15, 0.2) is 42.5 Å². The fourth-order valence-electron chi connectivity index (χ4n) is 3.20. The maximum atomic E-state index is 13.3. The molecule has 4 nitrogen and oxygen atoms in total. The summed E-state index contributed by atoms with van der Waals surface area (Å²) in [5.74, 6) is -2.26. The number of halogens is 2. The number of carbonyl (C=O) groups excluding carboxylic acids is 1. The molecule has 2 aromatic rings. The van der Waals surface area contributed by atoms with Gasteiger partial charge < -0.3 is 4.90 Å². The Morgan fingerprint density at radius 3 is 2.46 bits per heavy atom. The average Bonchev–Trinajstić information content (AvgIpc) is 2.69. The molecule has 0 bridgehead atoms. The summed E-state index contributed by atoms with van der Waals surface area (Å²) in [5, 5.41) is 9.04. The second-order valence-electron chi connectivity index (χ2n) is 6.37. The van der Waals surface area contributed by atoms with Crippen molar-refractivity contribution in [3.05, 3.63) is 70.8 Å². The summed E-state index contributed by atoms with van der Waals surface area (Å²) < 4.78 is 26.4. The van der Waals surface area contributed by atoms with Crippen LogP contribution in [0.1, 0.15) is 34.5 Å². The molecule has 0 aliphatic carbocycles. The number of rotatable bonds is 3. The number of hydrogen-bond acceptors (Lipinski definition) is 3. The molecule has 1 unspecified atom stereocenters. The molecule has 26 heavy (non-hydrogen) atoms. The number of nitrogens with zero attached hydrogens (tertiary/aromatic N) is 3. The van der Waals surface area contributed by atoms with E-state index in [1.807, 2.05) is 18.2 Å². The van der Waals surface area contributed by atoms with Crippen molar-refractivity contribution in [2.75, 3.05) is 26.2 Å². The topological polar surface area (TPSA) is 47.3 Å². The lowest BCUT2D eigenvalue weighted by Gasteiger charge is -2.38. The Bertz CT molecular complexity index is 854. The number of benzene rings is 2. The van der Waals surface area contributed by atoms with Crippen molar-refractivity contribution in [3.63, 3.8) is 0 Å². The van der Waals surface area contributed by atoms with E-state index in [1.165, 1.54) is 6.07 Å². The first-order chi connectivity index (χ1) is 12.5. The van der Waals surface area contributed by atoms with Crippen molar-refractivity contribution in [3.8, 4) is 6.07 Å². The Labute approximate surface area is 151 Å². The third-order valence-electron chi connectivity index (χ3n) is 4.81. The highest BCUT2D eigenvalue weighted by Crippen LogP contribution is 2.23. The van der Waals surface area contributed by atoms with Gasteiger partial charge in [0.05, 0.1) is 11.6 Å². The maximum Gasteiger partial charge on any atom is 0.254 e. The van der Waals surface area contributed by atoms with Crippen molar-refractivity contribution in [1.82, 2.24) is 9.80 Å². The highest BCUT2D eigenvalue weighted by Gasteiger charge is 2.26. The lowest BCUT2D eigenvalue weighted by molar-refractivity contribution is 0.0581. The van der Waals surface area contributed by atoms with E-state index < -0.39 is 11.6 Å². The average molecular weight is 355 g/mol. The van der Waals surface area contributed by atoms with Gasteiger partial charge in [0.1, 0.15) is 0 Å². The highest BCUT2D eigenvalue weighted by atomic mass is 19.2. The van der Waals surface area contributed by atoms with Gasteiger partial charge in [-0.05, 0) is 42.8 Å². The first-order valence-corrected chi connectivity index (χ1v) is 8.48. The quantitative estimate of drug-likeness (QED) is 0.848. The minimum atomic E-state index is -1.01. The fourth-order valence-corrected chi connectivity index (χ4v) is 3.20. The Balaban J connectivity index is 1.64. The molecule has 1 aliphatic rings. The molecular formula is C20H19F2N3O. The van der Waals surface area contributed by atoms with Crippen LogP contribution in [-0.2, 0) is 0 Å². The summed E-state index contributed by atoms with van der Waals surface area (Å²) in [6, 6.07) is 13.0. The van der Waals surface area contributed by atoms with Crippen molar-refractivity contribution in [2.24, 2.45) is 0 Å². The summed E-state index contributed by atoms with van der Waals surface area (Å²) in [6.07, 6.45) is 0. The van der Waals surface area contributed by atoms with Crippen molar-refractivity contribution in [1.29, 1.82) is 5.26 Å². The third-order valence-corrected chi connectivity index (χ3v) is 4.81. The van der Waals surface area contributed by atoms with Gasteiger partial charge >= 0.3 is 0 Å². The van der Waals surface area contributed by atoms with Gasteiger partial charge in [0.25, 0.3) is 5.91 Å². The summed E-state index contributed by atoms with van der Waals surface area (Å²) in [6.45, 7) is 4.45. The van der Waals surface area contributed by atoms with Gasteiger partial charge in [-0.3, -0.25) is 9.69 Å². The summed E-state index contributed by atoms with van der Waals surface area (Å²) in [5.41, 5.74) is 1.85. The fraction of sp³-hybridized carbons (Fsp3) is 0.300. The van der Waals surface area contributed by atoms with Crippen LogP contribution < -0.4 is 0 Å². The summed E-state index contributed by atoms with van der Waals surface area (Å²) in [4.78, 5) is 16.4. The predicted octanol–water partition coefficient (Wildman–Crippen LogP) is 3.36. The van der Waals surface area contributed by atoms with Gasteiger partial charge in [-0.25, -0.2) is 8.78 Å². The van der Waals surface area contributed by atoms with Crippen LogP contribution in [0.3, 0.4) is 0 Å². The number of amides is 1. The molecule has 1 atom stereocenters. The first kappa shape index (κ1) is 18.0. The highest BCUT2D eigenvalue weighted by molar-refractivity contribution is 5.94. The molecule has 2 aromatic carbocycles. The minimum Gasteiger partial charge on any atom is -0.336 e.